The molecule has 0 amide bonds. The van der Waals surface area contributed by atoms with E-state index in [4.69, 9.17) is 0 Å². The first-order valence-electron chi connectivity index (χ1n) is 9.90. The number of azo groups is 2. The molecule has 0 radical (unpaired) electrons. The van der Waals surface area contributed by atoms with Gasteiger partial charge >= 0.3 is 0 Å². The molecular weight excluding hydrogens is 512 g/mol. The first kappa shape index (κ1) is 24.9. The molecule has 4 aromatic carbocycles. The molecule has 0 bridgehead atoms. The molecule has 0 atom stereocenters. The smallest absolute Gasteiger partial charge is 0.296 e. The van der Waals surface area contributed by atoms with Gasteiger partial charge in [0, 0.05) is 6.07 Å². The van der Waals surface area contributed by atoms with E-state index in [2.05, 4.69) is 20.5 Å². The van der Waals surface area contributed by atoms with Gasteiger partial charge < -0.3 is 10.2 Å². The molecule has 0 aliphatic carbocycles. The van der Waals surface area contributed by atoms with E-state index >= 15 is 0 Å². The van der Waals surface area contributed by atoms with Gasteiger partial charge in [0.05, 0.1) is 27.3 Å². The number of aromatic hydroxyl groups is 2. The normalized spacial score (nSPS) is 12.6. The molecule has 0 spiro atoms. The third-order valence-electron chi connectivity index (χ3n) is 4.83. The van der Waals surface area contributed by atoms with Crippen molar-refractivity contribution < 1.29 is 36.2 Å². The number of fused-ring (bicyclic) bond motifs is 1. The van der Waals surface area contributed by atoms with Gasteiger partial charge in [0.1, 0.15) is 16.3 Å². The number of benzene rings is 4. The summed E-state index contributed by atoms with van der Waals surface area (Å²) in [5.74, 6) is -1.68. The number of phenolic OH excluding ortho intramolecular Hbond substituents is 2. The van der Waals surface area contributed by atoms with Crippen LogP contribution in [0.3, 0.4) is 0 Å². The fourth-order valence-corrected chi connectivity index (χ4v) is 4.38. The van der Waals surface area contributed by atoms with Gasteiger partial charge in [-0.2, -0.15) is 32.2 Å². The molecule has 0 fully saturated rings. The number of hydrogen-bond acceptors (Lipinski definition) is 10. The lowest BCUT2D eigenvalue weighted by Gasteiger charge is -2.11. The first-order chi connectivity index (χ1) is 16.9. The quantitative estimate of drug-likeness (QED) is 0.184. The third-order valence-corrected chi connectivity index (χ3v) is 6.53. The second-order valence-corrected chi connectivity index (χ2v) is 10.1. The van der Waals surface area contributed by atoms with Crippen molar-refractivity contribution in [3.05, 3.63) is 72.8 Å². The van der Waals surface area contributed by atoms with E-state index in [0.29, 0.717) is 17.4 Å². The SMILES string of the molecule is O=S(=O)(O)c1cc(O)c2c(O)c(N=Nc3ccc(N=Nc4ccccc4)cc3)c(S(=O)(=O)O)cc2c1. The number of phenols is 2. The van der Waals surface area contributed by atoms with Crippen LogP contribution in [-0.2, 0) is 20.2 Å². The van der Waals surface area contributed by atoms with E-state index in [1.807, 2.05) is 18.2 Å². The van der Waals surface area contributed by atoms with Crippen LogP contribution in [0.1, 0.15) is 0 Å². The Bertz CT molecular complexity index is 1740. The Labute approximate surface area is 204 Å². The summed E-state index contributed by atoms with van der Waals surface area (Å²) in [4.78, 5) is -1.66. The molecule has 4 aromatic rings. The Morgan fingerprint density at radius 1 is 0.611 bits per heavy atom. The fourth-order valence-electron chi connectivity index (χ4n) is 3.18. The zero-order valence-corrected chi connectivity index (χ0v) is 19.6. The molecule has 0 saturated carbocycles. The van der Waals surface area contributed by atoms with Gasteiger partial charge in [-0.1, -0.05) is 18.2 Å². The lowest BCUT2D eigenvalue weighted by Crippen LogP contribution is -2.01. The van der Waals surface area contributed by atoms with Crippen LogP contribution < -0.4 is 0 Å². The van der Waals surface area contributed by atoms with Crippen LogP contribution >= 0.6 is 0 Å². The van der Waals surface area contributed by atoms with Crippen LogP contribution in [-0.4, -0.2) is 36.2 Å². The first-order valence-corrected chi connectivity index (χ1v) is 12.8. The van der Waals surface area contributed by atoms with Crippen LogP contribution in [0.15, 0.2) is 103 Å². The van der Waals surface area contributed by atoms with E-state index in [1.165, 1.54) is 12.1 Å². The van der Waals surface area contributed by atoms with Gasteiger partial charge in [-0.15, -0.1) is 5.11 Å². The van der Waals surface area contributed by atoms with E-state index in [0.717, 1.165) is 12.1 Å². The van der Waals surface area contributed by atoms with Gasteiger partial charge in [0.25, 0.3) is 20.2 Å². The monoisotopic (exact) mass is 528 g/mol. The van der Waals surface area contributed by atoms with Crippen molar-refractivity contribution in [3.63, 3.8) is 0 Å². The third kappa shape index (κ3) is 5.36. The van der Waals surface area contributed by atoms with Crippen molar-refractivity contribution >= 4 is 53.8 Å². The Hall–Kier alpha value is -4.24. The highest BCUT2D eigenvalue weighted by Gasteiger charge is 2.25. The highest BCUT2D eigenvalue weighted by molar-refractivity contribution is 7.86. The molecule has 0 aliphatic heterocycles. The Morgan fingerprint density at radius 2 is 1.14 bits per heavy atom. The molecule has 0 aliphatic rings. The zero-order chi connectivity index (χ0) is 26.1. The maximum atomic E-state index is 12.0. The largest absolute Gasteiger partial charge is 0.507 e. The molecule has 0 saturated heterocycles. The van der Waals surface area contributed by atoms with Gasteiger partial charge in [0.2, 0.25) is 0 Å². The minimum atomic E-state index is -4.99. The minimum Gasteiger partial charge on any atom is -0.507 e. The summed E-state index contributed by atoms with van der Waals surface area (Å²) < 4.78 is 65.6. The summed E-state index contributed by atoms with van der Waals surface area (Å²) in [5.41, 5.74) is 0.662. The minimum absolute atomic E-state index is 0.223. The summed E-state index contributed by atoms with van der Waals surface area (Å²) in [7, 11) is -9.76. The van der Waals surface area contributed by atoms with Crippen molar-refractivity contribution in [1.82, 2.24) is 0 Å². The number of hydrogen-bond donors (Lipinski definition) is 4. The average molecular weight is 529 g/mol. The molecule has 0 unspecified atom stereocenters. The summed E-state index contributed by atoms with van der Waals surface area (Å²) in [6.45, 7) is 0. The average Bonchev–Trinajstić information content (AvgIpc) is 2.82. The molecule has 0 aromatic heterocycles. The second kappa shape index (κ2) is 9.43. The van der Waals surface area contributed by atoms with E-state index in [9.17, 15) is 36.2 Å². The van der Waals surface area contributed by atoms with Gasteiger partial charge in [-0.3, -0.25) is 9.11 Å². The Morgan fingerprint density at radius 3 is 1.67 bits per heavy atom. The molecule has 14 heteroatoms. The summed E-state index contributed by atoms with van der Waals surface area (Å²) in [6.07, 6.45) is 0. The standard InChI is InChI=1S/C22H16N4O8S2/c27-18-12-17(35(29,30)31)10-13-11-19(36(32,33)34)21(22(28)20(13)18)26-25-16-8-6-15(7-9-16)24-23-14-4-2-1-3-5-14/h1-12,27-28H,(H,29,30,31)(H,32,33,34). The van der Waals surface area contributed by atoms with Crippen LogP contribution in [0.2, 0.25) is 0 Å². The Balaban J connectivity index is 1.74. The molecule has 12 nitrogen and oxygen atoms in total. The van der Waals surface area contributed by atoms with Gasteiger partial charge in [-0.25, -0.2) is 0 Å². The lowest BCUT2D eigenvalue weighted by molar-refractivity contribution is 0.457. The molecular formula is C22H16N4O8S2. The van der Waals surface area contributed by atoms with Gasteiger partial charge in [0.15, 0.2) is 5.75 Å². The molecule has 184 valence electrons. The van der Waals surface area contributed by atoms with Crippen LogP contribution in [0.25, 0.3) is 10.8 Å². The number of rotatable bonds is 6. The van der Waals surface area contributed by atoms with E-state index < -0.39 is 47.2 Å². The fraction of sp³-hybridized carbons (Fsp3) is 0. The predicted molar refractivity (Wildman–Crippen MR) is 128 cm³/mol. The summed E-state index contributed by atoms with van der Waals surface area (Å²) in [5, 5.41) is 35.9. The van der Waals surface area contributed by atoms with Crippen molar-refractivity contribution in [2.24, 2.45) is 20.5 Å². The maximum Gasteiger partial charge on any atom is 0.296 e. The lowest BCUT2D eigenvalue weighted by atomic mass is 10.1. The molecule has 0 heterocycles. The highest BCUT2D eigenvalue weighted by Crippen LogP contribution is 2.45. The summed E-state index contributed by atoms with van der Waals surface area (Å²) in [6, 6.07) is 17.4. The van der Waals surface area contributed by atoms with E-state index in [-0.39, 0.29) is 16.5 Å². The van der Waals surface area contributed by atoms with Crippen LogP contribution in [0.5, 0.6) is 11.5 Å². The molecule has 36 heavy (non-hydrogen) atoms. The Kier molecular flexibility index (Phi) is 6.51. The van der Waals surface area contributed by atoms with Crippen molar-refractivity contribution in [2.75, 3.05) is 0 Å². The van der Waals surface area contributed by atoms with Crippen molar-refractivity contribution in [3.8, 4) is 11.5 Å². The highest BCUT2D eigenvalue weighted by atomic mass is 32.2. The summed E-state index contributed by atoms with van der Waals surface area (Å²) >= 11 is 0. The van der Waals surface area contributed by atoms with Crippen molar-refractivity contribution in [2.45, 2.75) is 9.79 Å². The zero-order valence-electron chi connectivity index (χ0n) is 18.0. The molecule has 4 N–H and O–H groups in total. The van der Waals surface area contributed by atoms with Crippen LogP contribution in [0, 0.1) is 0 Å². The topological polar surface area (TPSA) is 199 Å². The maximum absolute atomic E-state index is 12.0. The van der Waals surface area contributed by atoms with Crippen molar-refractivity contribution in [1.29, 1.82) is 0 Å². The predicted octanol–water partition coefficient (Wildman–Crippen LogP) is 5.58. The second-order valence-electron chi connectivity index (χ2n) is 7.31. The van der Waals surface area contributed by atoms with Crippen LogP contribution in [0.4, 0.5) is 22.7 Å². The molecule has 4 rings (SSSR count). The van der Waals surface area contributed by atoms with Gasteiger partial charge in [-0.05, 0) is 53.9 Å². The number of nitrogens with zero attached hydrogens (tertiary/aromatic N) is 4. The van der Waals surface area contributed by atoms with E-state index in [1.54, 1.807) is 24.3 Å².